The average molecular weight is 2000 g/mol. The Morgan fingerprint density at radius 3 is 1.75 bits per heavy atom. The number of aliphatic imine (C=N–C) groups is 1. The van der Waals surface area contributed by atoms with Gasteiger partial charge in [-0.1, -0.05) is 84.4 Å². The first-order valence-corrected chi connectivity index (χ1v) is 52.4. The summed E-state index contributed by atoms with van der Waals surface area (Å²) in [5.74, 6) is 0.893. The summed E-state index contributed by atoms with van der Waals surface area (Å²) in [7, 11) is 4.31. The summed E-state index contributed by atoms with van der Waals surface area (Å²) in [4.78, 5) is 164. The van der Waals surface area contributed by atoms with Gasteiger partial charge in [0.05, 0.1) is 91.1 Å². The number of nitrogens with zero attached hydrogens (tertiary/aromatic N) is 15. The average Bonchev–Trinajstić information content (AvgIpc) is 0.835. The zero-order valence-electron chi connectivity index (χ0n) is 83.7. The molecule has 4 saturated heterocycles. The van der Waals surface area contributed by atoms with Crippen LogP contribution in [0.4, 0.5) is 27.5 Å². The molecule has 8 heterocycles. The van der Waals surface area contributed by atoms with Gasteiger partial charge in [-0.15, -0.1) is 28.3 Å². The number of aromatic amines is 2. The van der Waals surface area contributed by atoms with E-state index in [1.165, 1.54) is 31.0 Å². The van der Waals surface area contributed by atoms with E-state index in [9.17, 15) is 33.6 Å². The van der Waals surface area contributed by atoms with Crippen LogP contribution in [0.25, 0.3) is 44.8 Å². The van der Waals surface area contributed by atoms with Gasteiger partial charge in [0, 0.05) is 205 Å². The summed E-state index contributed by atoms with van der Waals surface area (Å²) >= 11 is 14.0. The molecular formula is C105H141Cl2N23O11S. The van der Waals surface area contributed by atoms with Crippen molar-refractivity contribution in [3.05, 3.63) is 155 Å². The predicted molar refractivity (Wildman–Crippen MR) is 561 cm³/mol. The third-order valence-corrected chi connectivity index (χ3v) is 28.6. The molecule has 0 radical (unpaired) electrons. The molecule has 762 valence electrons. The number of rotatable bonds is 51. The number of amides is 10. The van der Waals surface area contributed by atoms with Crippen molar-refractivity contribution < 1.29 is 52.6 Å². The number of thioether (sulfide) groups is 1. The minimum absolute atomic E-state index is 0.0152. The quantitative estimate of drug-likeness (QED) is 0.00997. The fourth-order valence-electron chi connectivity index (χ4n) is 18.7. The zero-order chi connectivity index (χ0) is 101. The van der Waals surface area contributed by atoms with Crippen molar-refractivity contribution in [2.45, 2.75) is 180 Å². The monoisotopic (exact) mass is 2000 g/mol. The number of hydrogen-bond donors (Lipinski definition) is 8. The van der Waals surface area contributed by atoms with Gasteiger partial charge < -0.3 is 95.9 Å². The van der Waals surface area contributed by atoms with E-state index in [1.54, 1.807) is 22.6 Å². The predicted octanol–water partition coefficient (Wildman–Crippen LogP) is 11.3. The van der Waals surface area contributed by atoms with Crippen LogP contribution >= 0.6 is 35.0 Å². The van der Waals surface area contributed by atoms with Crippen molar-refractivity contribution >= 4 is 139 Å². The summed E-state index contributed by atoms with van der Waals surface area (Å²) in [5.41, 5.74) is 21.3. The Balaban J connectivity index is 0.609. The molecule has 0 saturated carbocycles. The molecule has 9 N–H and O–H groups in total. The van der Waals surface area contributed by atoms with Crippen LogP contribution in [0, 0.1) is 0 Å². The number of halogens is 2. The number of carbonyl (C=O) groups is 9. The molecule has 0 aliphatic carbocycles. The summed E-state index contributed by atoms with van der Waals surface area (Å²) in [5, 5.41) is 23.9. The van der Waals surface area contributed by atoms with Gasteiger partial charge in [-0.05, 0) is 184 Å². The number of nitrogens with one attached hydrogen (secondary N) is 7. The molecule has 10 amide bonds. The van der Waals surface area contributed by atoms with E-state index in [1.807, 2.05) is 67.6 Å². The number of aryl methyl sites for hydroxylation is 2. The van der Waals surface area contributed by atoms with Crippen molar-refractivity contribution in [2.75, 3.05) is 190 Å². The van der Waals surface area contributed by atoms with Crippen LogP contribution in [-0.4, -0.2) is 316 Å². The zero-order valence-corrected chi connectivity index (χ0v) is 86.0. The number of H-pyrrole nitrogens is 2. The number of piperazine rings is 2. The van der Waals surface area contributed by atoms with Gasteiger partial charge in [0.15, 0.2) is 0 Å². The summed E-state index contributed by atoms with van der Waals surface area (Å²) < 4.78 is 14.7. The first-order valence-electron chi connectivity index (χ1n) is 50.2. The highest BCUT2D eigenvalue weighted by Gasteiger charge is 2.43. The van der Waals surface area contributed by atoms with E-state index < -0.39 is 55.7 Å². The normalized spacial score (nSPS) is 16.0. The first-order chi connectivity index (χ1) is 68.4. The Morgan fingerprint density at radius 2 is 1.13 bits per heavy atom. The second-order valence-electron chi connectivity index (χ2n) is 39.9. The number of anilines is 3. The Morgan fingerprint density at radius 1 is 0.563 bits per heavy atom. The summed E-state index contributed by atoms with van der Waals surface area (Å²) in [6.07, 6.45) is 7.70. The fourth-order valence-corrected chi connectivity index (χ4v) is 20.7. The maximum Gasteiger partial charge on any atom is 0.315 e. The van der Waals surface area contributed by atoms with Gasteiger partial charge in [0.2, 0.25) is 47.3 Å². The first kappa shape index (κ1) is 106. The molecule has 4 fully saturated rings. The highest BCUT2D eigenvalue weighted by atomic mass is 35.5. The lowest BCUT2D eigenvalue weighted by molar-refractivity contribution is -0.147. The van der Waals surface area contributed by atoms with E-state index in [-0.39, 0.29) is 136 Å². The topological polar surface area (TPSA) is 388 Å². The maximum atomic E-state index is 15.2. The molecule has 37 heteroatoms. The number of ether oxygens (including phenoxy) is 2. The lowest BCUT2D eigenvalue weighted by atomic mass is 9.78. The molecule has 0 unspecified atom stereocenters. The van der Waals surface area contributed by atoms with Gasteiger partial charge in [-0.25, -0.2) is 14.8 Å². The van der Waals surface area contributed by atoms with E-state index in [0.29, 0.717) is 95.2 Å². The third kappa shape index (κ3) is 29.6. The number of urea groups is 1. The molecule has 0 spiro atoms. The van der Waals surface area contributed by atoms with Crippen molar-refractivity contribution in [3.8, 4) is 34.3 Å². The summed E-state index contributed by atoms with van der Waals surface area (Å²) in [6.45, 7) is 22.6. The molecule has 3 aromatic heterocycles. The van der Waals surface area contributed by atoms with Gasteiger partial charge >= 0.3 is 6.03 Å². The Kier molecular flexibility index (Phi) is 37.4. The number of hydrogen-bond acceptors (Lipinski definition) is 22. The SMILES string of the molecule is CCCN(CC(=O)N(CC(=O)N(CCNC(=O)CCCC[C@H]1SC[C@H]2NC(=O)N[C@H]21)CC(N)=O)Cc1cn(CCCNC(=O)CCCOc2c(C(C)(C)C)cc(-c3nc4cc(N5CCN(C)CC5)ccc4[nH]3)cc2C(C)(C)C)nn1)C(=O)CN(CCNC(=O)CCCc1ccc(N(CCCl)CCCl)cc1)C(=O)CCCOc1cccc(C2=Nc3ccc(-c4nc5cc(N6CCN(C)CC6)ccc5[nH]4)cc3C2)c1. The van der Waals surface area contributed by atoms with E-state index in [2.05, 4.69) is 182 Å². The molecule has 5 aliphatic rings. The highest BCUT2D eigenvalue weighted by Crippen LogP contribution is 2.44. The van der Waals surface area contributed by atoms with Crippen LogP contribution in [0.5, 0.6) is 11.5 Å². The lowest BCUT2D eigenvalue weighted by Crippen LogP contribution is -2.51. The molecule has 34 nitrogen and oxygen atoms in total. The molecule has 0 bridgehead atoms. The number of unbranched alkanes of at least 4 members (excludes halogenated alkanes) is 1. The van der Waals surface area contributed by atoms with Crippen molar-refractivity contribution in [3.63, 3.8) is 0 Å². The van der Waals surface area contributed by atoms with Crippen LogP contribution in [0.1, 0.15) is 159 Å². The molecule has 142 heavy (non-hydrogen) atoms. The number of imidazole rings is 2. The number of primary amides is 1. The maximum absolute atomic E-state index is 15.2. The Labute approximate surface area is 847 Å². The molecule has 9 aromatic rings. The van der Waals surface area contributed by atoms with Gasteiger partial charge in [-0.3, -0.25) is 48.0 Å². The van der Waals surface area contributed by atoms with Gasteiger partial charge in [0.25, 0.3) is 0 Å². The molecule has 6 aromatic carbocycles. The van der Waals surface area contributed by atoms with Crippen LogP contribution < -0.4 is 56.5 Å². The number of benzene rings is 6. The number of alkyl halides is 2. The molecule has 3 atom stereocenters. The number of likely N-dealkylation sites (N-methyl/N-ethyl adjacent to an activating group) is 2. The Bertz CT molecular complexity index is 5840. The number of nitrogens with two attached hydrogens (primary N) is 1. The molecule has 14 rings (SSSR count). The minimum atomic E-state index is -0.834. The number of aromatic nitrogens is 7. The van der Waals surface area contributed by atoms with Gasteiger partial charge in [0.1, 0.15) is 35.4 Å². The summed E-state index contributed by atoms with van der Waals surface area (Å²) in [6, 6.07) is 39.2. The minimum Gasteiger partial charge on any atom is -0.494 e. The number of fused-ring (bicyclic) bond motifs is 4. The second-order valence-corrected chi connectivity index (χ2v) is 41.9. The van der Waals surface area contributed by atoms with Crippen LogP contribution in [0.15, 0.2) is 126 Å². The van der Waals surface area contributed by atoms with Crippen LogP contribution in [-0.2, 0) is 75.1 Å². The lowest BCUT2D eigenvalue weighted by Gasteiger charge is -2.34. The standard InChI is InChI=1S/C105H141Cl2N23O11S/c1-10-41-126(96(136)67-128(46-40-111-93(133)23-13-18-71-26-29-77(30-27-71)123(43-36-106)44-37-107)95(135)25-16-55-140-80-20-14-19-72(58-80)86-61-74-57-73(28-33-83(74)112-86)101-113-84-34-31-78(62-87(84)115-101)124-51-47-121(8)48-52-124)68-98(138)129(69-97(137)127(66-91(108)131)45-39-110-92(132)22-12-11-21-90-99-89(70-142-90)117-103(139)118-99)64-76-65-130(120-119-76)42-17-38-109-94(134)24-15-56-141-100-81(104(2,3)4)59-75(60-82(100)105(5,6)7)102-114-85-35-32-79(63-88(85)116-102)125-53-49-122(9)50-54-125/h14,19-20,26-35,57-60,62-63,65,89-90,99H,10-13,15-18,21-25,36-56,61,64,66-70H2,1-9H3,(H2,108,131)(H,109,134)(H,110,132)(H,111,133)(H,113,115)(H,114,116)(H2,117,118,139)/t89-,90-,99-/m1/s1. The van der Waals surface area contributed by atoms with Crippen LogP contribution in [0.2, 0.25) is 0 Å². The fraction of sp³-hybridized carbons (Fsp3) is 0.524. The van der Waals surface area contributed by atoms with E-state index in [4.69, 9.17) is 53.4 Å². The molecular weight excluding hydrogens is 1860 g/mol. The van der Waals surface area contributed by atoms with Gasteiger partial charge in [-0.2, -0.15) is 11.8 Å². The second kappa shape index (κ2) is 50.3. The highest BCUT2D eigenvalue weighted by molar-refractivity contribution is 8.00. The van der Waals surface area contributed by atoms with E-state index >= 15 is 9.59 Å². The van der Waals surface area contributed by atoms with Crippen molar-refractivity contribution in [1.82, 2.24) is 90.9 Å². The molecule has 5 aliphatic heterocycles. The third-order valence-electron chi connectivity index (χ3n) is 26.8. The Hall–Kier alpha value is -12.1. The van der Waals surface area contributed by atoms with Crippen molar-refractivity contribution in [2.24, 2.45) is 10.7 Å². The van der Waals surface area contributed by atoms with Crippen LogP contribution in [0.3, 0.4) is 0 Å². The number of carbonyl (C=O) groups excluding carboxylic acids is 9. The van der Waals surface area contributed by atoms with E-state index in [0.717, 1.165) is 166 Å². The largest absolute Gasteiger partial charge is 0.494 e. The smallest absolute Gasteiger partial charge is 0.315 e. The van der Waals surface area contributed by atoms with Crippen molar-refractivity contribution in [1.29, 1.82) is 0 Å².